The molecular formula is C15H23ClN2O3S. The Balaban J connectivity index is 2.75. The molecule has 0 heterocycles. The normalized spacial score (nSPS) is 14.2. The van der Waals surface area contributed by atoms with Gasteiger partial charge in [0, 0.05) is 17.8 Å². The van der Waals surface area contributed by atoms with E-state index >= 15 is 0 Å². The van der Waals surface area contributed by atoms with Crippen molar-refractivity contribution >= 4 is 28.7 Å². The highest BCUT2D eigenvalue weighted by Gasteiger charge is 2.20. The van der Waals surface area contributed by atoms with Gasteiger partial charge in [-0.15, -0.1) is 0 Å². The molecule has 0 aromatic heterocycles. The number of amides is 1. The molecule has 1 amide bonds. The first kappa shape index (κ1) is 18.9. The average Bonchev–Trinajstić information content (AvgIpc) is 2.36. The number of hydrogen-bond donors (Lipinski definition) is 2. The zero-order valence-corrected chi connectivity index (χ0v) is 14.9. The largest absolute Gasteiger partial charge is 0.444 e. The topological polar surface area (TPSA) is 67.4 Å². The Morgan fingerprint density at radius 3 is 2.41 bits per heavy atom. The monoisotopic (exact) mass is 346 g/mol. The molecule has 0 saturated carbocycles. The first-order valence-corrected chi connectivity index (χ1v) is 8.93. The van der Waals surface area contributed by atoms with Crippen molar-refractivity contribution in [3.63, 3.8) is 0 Å². The molecule has 0 fully saturated rings. The van der Waals surface area contributed by atoms with Crippen LogP contribution in [0.5, 0.6) is 0 Å². The third-order valence-electron chi connectivity index (χ3n) is 2.70. The molecule has 124 valence electrons. The summed E-state index contributed by atoms with van der Waals surface area (Å²) in [7, 11) is -1.09. The number of nitrogens with one attached hydrogen (secondary N) is 2. The van der Waals surface area contributed by atoms with E-state index in [1.54, 1.807) is 18.4 Å². The van der Waals surface area contributed by atoms with Crippen LogP contribution >= 0.6 is 11.6 Å². The summed E-state index contributed by atoms with van der Waals surface area (Å²) in [4.78, 5) is 12.0. The maximum Gasteiger partial charge on any atom is 0.408 e. The third kappa shape index (κ3) is 7.77. The van der Waals surface area contributed by atoms with Crippen LogP contribution in [0.2, 0.25) is 5.02 Å². The summed E-state index contributed by atoms with van der Waals surface area (Å²) in [6.07, 6.45) is 1.67. The van der Waals surface area contributed by atoms with Crippen LogP contribution in [0.15, 0.2) is 24.3 Å². The van der Waals surface area contributed by atoms with Crippen molar-refractivity contribution in [3.8, 4) is 0 Å². The molecule has 1 aromatic carbocycles. The van der Waals surface area contributed by atoms with E-state index < -0.39 is 22.7 Å². The van der Waals surface area contributed by atoms with Crippen molar-refractivity contribution in [3.05, 3.63) is 34.9 Å². The van der Waals surface area contributed by atoms with Gasteiger partial charge in [0.2, 0.25) is 0 Å². The second-order valence-corrected chi connectivity index (χ2v) is 7.52. The molecule has 1 aromatic rings. The smallest absolute Gasteiger partial charge is 0.408 e. The fraction of sp³-hybridized carbons (Fsp3) is 0.533. The zero-order chi connectivity index (χ0) is 16.8. The van der Waals surface area contributed by atoms with E-state index in [9.17, 15) is 9.00 Å². The standard InChI is InChI=1S/C15H23ClN2O3S/c1-15(2,3)21-14(19)18-13(9-10-17-22(4)20)11-5-7-12(16)8-6-11/h5-8,13,17H,9-10H2,1-4H3,(H,18,19). The highest BCUT2D eigenvalue weighted by molar-refractivity contribution is 7.82. The van der Waals surface area contributed by atoms with Gasteiger partial charge >= 0.3 is 6.09 Å². The number of carbonyl (C=O) groups excluding carboxylic acids is 1. The van der Waals surface area contributed by atoms with Crippen LogP contribution in [-0.2, 0) is 15.7 Å². The minimum Gasteiger partial charge on any atom is -0.444 e. The number of rotatable bonds is 6. The molecule has 0 radical (unpaired) electrons. The minimum absolute atomic E-state index is 0.247. The molecule has 2 N–H and O–H groups in total. The van der Waals surface area contributed by atoms with E-state index in [0.717, 1.165) is 5.56 Å². The molecule has 0 aliphatic rings. The van der Waals surface area contributed by atoms with Gasteiger partial charge in [-0.05, 0) is 44.9 Å². The lowest BCUT2D eigenvalue weighted by atomic mass is 10.0. The van der Waals surface area contributed by atoms with Crippen LogP contribution in [0.25, 0.3) is 0 Å². The lowest BCUT2D eigenvalue weighted by molar-refractivity contribution is 0.0501. The molecule has 0 aliphatic carbocycles. The SMILES string of the molecule is CS(=O)NCCC(NC(=O)OC(C)(C)C)c1ccc(Cl)cc1. The van der Waals surface area contributed by atoms with Gasteiger partial charge in [0.15, 0.2) is 0 Å². The summed E-state index contributed by atoms with van der Waals surface area (Å²) in [5.74, 6) is 0. The van der Waals surface area contributed by atoms with Crippen LogP contribution in [0.3, 0.4) is 0 Å². The number of carbonyl (C=O) groups is 1. The number of halogens is 1. The Bertz CT molecular complexity index is 515. The Hall–Kier alpha value is -1.11. The van der Waals surface area contributed by atoms with Gasteiger partial charge in [-0.1, -0.05) is 23.7 Å². The molecule has 7 heteroatoms. The van der Waals surface area contributed by atoms with Crippen LogP contribution in [0.4, 0.5) is 4.79 Å². The van der Waals surface area contributed by atoms with Crippen LogP contribution < -0.4 is 10.0 Å². The number of benzene rings is 1. The molecule has 2 unspecified atom stereocenters. The first-order chi connectivity index (χ1) is 10.2. The van der Waals surface area contributed by atoms with E-state index in [4.69, 9.17) is 16.3 Å². The predicted octanol–water partition coefficient (Wildman–Crippen LogP) is 3.18. The zero-order valence-electron chi connectivity index (χ0n) is 13.3. The Labute approximate surface area is 139 Å². The molecule has 1 rings (SSSR count). The molecule has 5 nitrogen and oxygen atoms in total. The molecule has 22 heavy (non-hydrogen) atoms. The lowest BCUT2D eigenvalue weighted by Gasteiger charge is -2.24. The summed E-state index contributed by atoms with van der Waals surface area (Å²) < 4.78 is 19.2. The van der Waals surface area contributed by atoms with Crippen molar-refractivity contribution in [1.82, 2.24) is 10.0 Å². The van der Waals surface area contributed by atoms with Crippen molar-refractivity contribution < 1.29 is 13.7 Å². The van der Waals surface area contributed by atoms with Crippen molar-refractivity contribution in [2.75, 3.05) is 12.8 Å². The van der Waals surface area contributed by atoms with Gasteiger partial charge in [0.1, 0.15) is 5.60 Å². The van der Waals surface area contributed by atoms with Crippen LogP contribution in [-0.4, -0.2) is 28.7 Å². The molecule has 0 aliphatic heterocycles. The van der Waals surface area contributed by atoms with Crippen LogP contribution in [0.1, 0.15) is 38.8 Å². The fourth-order valence-corrected chi connectivity index (χ4v) is 2.35. The lowest BCUT2D eigenvalue weighted by Crippen LogP contribution is -2.36. The number of hydrogen-bond acceptors (Lipinski definition) is 3. The van der Waals surface area contributed by atoms with Gasteiger partial charge in [-0.2, -0.15) is 0 Å². The Morgan fingerprint density at radius 1 is 1.32 bits per heavy atom. The van der Waals surface area contributed by atoms with E-state index in [1.807, 2.05) is 32.9 Å². The summed E-state index contributed by atoms with van der Waals surface area (Å²) in [6.45, 7) is 5.94. The van der Waals surface area contributed by atoms with Gasteiger partial charge in [0.25, 0.3) is 0 Å². The minimum atomic E-state index is -1.09. The summed E-state index contributed by atoms with van der Waals surface area (Å²) in [5, 5.41) is 3.47. The Kier molecular flexibility index (Phi) is 7.32. The van der Waals surface area contributed by atoms with E-state index in [0.29, 0.717) is 18.0 Å². The fourth-order valence-electron chi connectivity index (χ4n) is 1.81. The number of ether oxygens (including phenoxy) is 1. The van der Waals surface area contributed by atoms with Crippen LogP contribution in [0, 0.1) is 0 Å². The quantitative estimate of drug-likeness (QED) is 0.831. The molecule has 0 saturated heterocycles. The maximum absolute atomic E-state index is 12.0. The molecule has 0 spiro atoms. The predicted molar refractivity (Wildman–Crippen MR) is 90.2 cm³/mol. The van der Waals surface area contributed by atoms with Gasteiger partial charge in [-0.3, -0.25) is 0 Å². The van der Waals surface area contributed by atoms with Gasteiger partial charge in [-0.25, -0.2) is 13.7 Å². The molecular weight excluding hydrogens is 324 g/mol. The van der Waals surface area contributed by atoms with Crippen molar-refractivity contribution in [2.24, 2.45) is 0 Å². The van der Waals surface area contributed by atoms with Gasteiger partial charge < -0.3 is 10.1 Å². The Morgan fingerprint density at radius 2 is 1.91 bits per heavy atom. The number of alkyl carbamates (subject to hydrolysis) is 1. The van der Waals surface area contributed by atoms with Gasteiger partial charge in [0.05, 0.1) is 17.0 Å². The second-order valence-electron chi connectivity index (χ2n) is 5.89. The first-order valence-electron chi connectivity index (χ1n) is 6.99. The summed E-state index contributed by atoms with van der Waals surface area (Å²) >= 11 is 5.89. The highest BCUT2D eigenvalue weighted by Crippen LogP contribution is 2.20. The highest BCUT2D eigenvalue weighted by atomic mass is 35.5. The summed E-state index contributed by atoms with van der Waals surface area (Å²) in [5.41, 5.74) is 0.358. The third-order valence-corrected chi connectivity index (χ3v) is 3.56. The maximum atomic E-state index is 12.0. The van der Waals surface area contributed by atoms with Crippen molar-refractivity contribution in [1.29, 1.82) is 0 Å². The van der Waals surface area contributed by atoms with E-state index in [-0.39, 0.29) is 6.04 Å². The summed E-state index contributed by atoms with van der Waals surface area (Å²) in [6, 6.07) is 7.00. The molecule has 2 atom stereocenters. The van der Waals surface area contributed by atoms with Crippen molar-refractivity contribution in [2.45, 2.75) is 38.8 Å². The average molecular weight is 347 g/mol. The molecule has 0 bridgehead atoms. The van der Waals surface area contributed by atoms with E-state index in [2.05, 4.69) is 10.0 Å². The van der Waals surface area contributed by atoms with E-state index in [1.165, 1.54) is 0 Å². The second kappa shape index (κ2) is 8.50.